The molecule has 2 aromatic carbocycles. The van der Waals surface area contributed by atoms with Crippen molar-refractivity contribution in [1.29, 1.82) is 0 Å². The largest absolute Gasteiger partial charge is 0.443 e. The summed E-state index contributed by atoms with van der Waals surface area (Å²) in [6.45, 7) is 6.19. The molecule has 2 aromatic rings. The second kappa shape index (κ2) is 7.24. The lowest BCUT2D eigenvalue weighted by Crippen LogP contribution is -2.39. The van der Waals surface area contributed by atoms with Crippen molar-refractivity contribution < 1.29 is 14.3 Å². The van der Waals surface area contributed by atoms with Crippen molar-refractivity contribution in [3.8, 4) is 11.1 Å². The van der Waals surface area contributed by atoms with E-state index < -0.39 is 11.5 Å². The zero-order valence-electron chi connectivity index (χ0n) is 15.7. The van der Waals surface area contributed by atoms with E-state index in [2.05, 4.69) is 0 Å². The molecule has 2 N–H and O–H groups in total. The molecule has 142 valence electrons. The Hall–Kier alpha value is -2.53. The molecular weight excluding hydrogens is 364 g/mol. The van der Waals surface area contributed by atoms with Gasteiger partial charge in [-0.2, -0.15) is 0 Å². The number of hydrogen-bond donors (Lipinski definition) is 1. The summed E-state index contributed by atoms with van der Waals surface area (Å²) in [5, 5.41) is 0.541. The van der Waals surface area contributed by atoms with Crippen LogP contribution in [0.2, 0.25) is 5.02 Å². The van der Waals surface area contributed by atoms with Crippen molar-refractivity contribution in [2.24, 2.45) is 5.73 Å². The summed E-state index contributed by atoms with van der Waals surface area (Å²) in [6, 6.07) is 10.8. The average molecular weight is 387 g/mol. The standard InChI is InChI=1S/C21H23ClN2O3/c1-21(2,3)27-20(26)24-10-4-5-14-11-13(7-9-18(14)24)16-12-15(19(23)25)6-8-17(16)22/h6-9,11-12H,4-5,10H2,1-3H3,(H2,23,25). The maximum atomic E-state index is 12.5. The highest BCUT2D eigenvalue weighted by Crippen LogP contribution is 2.35. The maximum absolute atomic E-state index is 12.5. The van der Waals surface area contributed by atoms with Crippen LogP contribution in [0.15, 0.2) is 36.4 Å². The SMILES string of the molecule is CC(C)(C)OC(=O)N1CCCc2cc(-c3cc(C(N)=O)ccc3Cl)ccc21. The molecule has 0 saturated carbocycles. The van der Waals surface area contributed by atoms with Gasteiger partial charge in [-0.1, -0.05) is 17.7 Å². The summed E-state index contributed by atoms with van der Waals surface area (Å²) in [5.74, 6) is -0.498. The highest BCUT2D eigenvalue weighted by Gasteiger charge is 2.27. The van der Waals surface area contributed by atoms with E-state index in [-0.39, 0.29) is 6.09 Å². The minimum Gasteiger partial charge on any atom is -0.443 e. The van der Waals surface area contributed by atoms with Gasteiger partial charge in [0.1, 0.15) is 5.60 Å². The van der Waals surface area contributed by atoms with E-state index in [0.717, 1.165) is 35.2 Å². The Balaban J connectivity index is 1.97. The first-order valence-electron chi connectivity index (χ1n) is 8.89. The van der Waals surface area contributed by atoms with Crippen LogP contribution in [-0.2, 0) is 11.2 Å². The lowest BCUT2D eigenvalue weighted by Gasteiger charge is -2.32. The highest BCUT2D eigenvalue weighted by atomic mass is 35.5. The number of anilines is 1. The molecule has 0 radical (unpaired) electrons. The molecule has 6 heteroatoms. The molecule has 0 atom stereocenters. The minimum absolute atomic E-state index is 0.343. The Morgan fingerprint density at radius 1 is 1.15 bits per heavy atom. The number of carbonyl (C=O) groups is 2. The van der Waals surface area contributed by atoms with Crippen LogP contribution in [0.5, 0.6) is 0 Å². The summed E-state index contributed by atoms with van der Waals surface area (Å²) in [7, 11) is 0. The van der Waals surface area contributed by atoms with Gasteiger partial charge in [-0.05, 0) is 75.1 Å². The second-order valence-electron chi connectivity index (χ2n) is 7.64. The average Bonchev–Trinajstić information content (AvgIpc) is 2.59. The number of primary amides is 1. The van der Waals surface area contributed by atoms with Gasteiger partial charge in [0.15, 0.2) is 0 Å². The summed E-state index contributed by atoms with van der Waals surface area (Å²) in [6.07, 6.45) is 1.37. The molecule has 1 aliphatic rings. The Bertz CT molecular complexity index is 903. The van der Waals surface area contributed by atoms with Crippen molar-refractivity contribution in [2.75, 3.05) is 11.4 Å². The molecule has 0 unspecified atom stereocenters. The predicted molar refractivity (Wildman–Crippen MR) is 107 cm³/mol. The first-order valence-corrected chi connectivity index (χ1v) is 9.27. The van der Waals surface area contributed by atoms with Crippen LogP contribution in [0.25, 0.3) is 11.1 Å². The quantitative estimate of drug-likeness (QED) is 0.806. The first kappa shape index (κ1) is 19.2. The van der Waals surface area contributed by atoms with Gasteiger partial charge in [-0.3, -0.25) is 9.69 Å². The molecule has 0 bridgehead atoms. The van der Waals surface area contributed by atoms with Crippen LogP contribution in [0, 0.1) is 0 Å². The van der Waals surface area contributed by atoms with Crippen LogP contribution in [0.3, 0.4) is 0 Å². The van der Waals surface area contributed by atoms with E-state index in [1.54, 1.807) is 23.1 Å². The molecule has 5 nitrogen and oxygen atoms in total. The molecule has 3 rings (SSSR count). The Morgan fingerprint density at radius 2 is 1.89 bits per heavy atom. The predicted octanol–water partition coefficient (Wildman–Crippen LogP) is 4.79. The number of hydrogen-bond acceptors (Lipinski definition) is 3. The van der Waals surface area contributed by atoms with E-state index >= 15 is 0 Å². The van der Waals surface area contributed by atoms with E-state index in [1.807, 2.05) is 39.0 Å². The molecule has 27 heavy (non-hydrogen) atoms. The molecule has 0 saturated heterocycles. The number of rotatable bonds is 2. The van der Waals surface area contributed by atoms with Crippen LogP contribution >= 0.6 is 11.6 Å². The van der Waals surface area contributed by atoms with E-state index in [0.29, 0.717) is 17.1 Å². The highest BCUT2D eigenvalue weighted by molar-refractivity contribution is 6.33. The summed E-state index contributed by atoms with van der Waals surface area (Å²) in [5.41, 5.74) is 8.76. The topological polar surface area (TPSA) is 72.6 Å². The smallest absolute Gasteiger partial charge is 0.414 e. The molecule has 1 aliphatic heterocycles. The van der Waals surface area contributed by atoms with Crippen LogP contribution in [-0.4, -0.2) is 24.1 Å². The minimum atomic E-state index is -0.544. The molecule has 0 aliphatic carbocycles. The van der Waals surface area contributed by atoms with Gasteiger partial charge in [0.2, 0.25) is 5.91 Å². The first-order chi connectivity index (χ1) is 12.7. The fraction of sp³-hybridized carbons (Fsp3) is 0.333. The van der Waals surface area contributed by atoms with Crippen molar-refractivity contribution >= 4 is 29.3 Å². The van der Waals surface area contributed by atoms with E-state index in [9.17, 15) is 9.59 Å². The van der Waals surface area contributed by atoms with Crippen molar-refractivity contribution in [3.05, 3.63) is 52.5 Å². The molecule has 1 heterocycles. The van der Waals surface area contributed by atoms with Gasteiger partial charge in [-0.25, -0.2) is 4.79 Å². The van der Waals surface area contributed by atoms with Gasteiger partial charge in [0, 0.05) is 22.7 Å². The number of ether oxygens (including phenoxy) is 1. The van der Waals surface area contributed by atoms with Crippen LogP contribution < -0.4 is 10.6 Å². The van der Waals surface area contributed by atoms with Gasteiger partial charge in [-0.15, -0.1) is 0 Å². The fourth-order valence-electron chi connectivity index (χ4n) is 3.17. The molecular formula is C21H23ClN2O3. The number of benzene rings is 2. The zero-order valence-corrected chi connectivity index (χ0v) is 16.5. The maximum Gasteiger partial charge on any atom is 0.414 e. The van der Waals surface area contributed by atoms with Crippen molar-refractivity contribution in [1.82, 2.24) is 0 Å². The van der Waals surface area contributed by atoms with Gasteiger partial charge >= 0.3 is 6.09 Å². The number of amides is 2. The number of carbonyl (C=O) groups excluding carboxylic acids is 2. The van der Waals surface area contributed by atoms with E-state index in [1.165, 1.54) is 0 Å². The lowest BCUT2D eigenvalue weighted by atomic mass is 9.95. The number of nitrogens with two attached hydrogens (primary N) is 1. The normalized spacial score (nSPS) is 13.9. The summed E-state index contributed by atoms with van der Waals surface area (Å²) >= 11 is 6.33. The van der Waals surface area contributed by atoms with E-state index in [4.69, 9.17) is 22.1 Å². The molecule has 0 aromatic heterocycles. The van der Waals surface area contributed by atoms with Crippen molar-refractivity contribution in [3.63, 3.8) is 0 Å². The third kappa shape index (κ3) is 4.25. The third-order valence-electron chi connectivity index (χ3n) is 4.37. The Labute approximate surface area is 164 Å². The molecule has 0 spiro atoms. The lowest BCUT2D eigenvalue weighted by molar-refractivity contribution is 0.0577. The summed E-state index contributed by atoms with van der Waals surface area (Å²) in [4.78, 5) is 25.7. The summed E-state index contributed by atoms with van der Waals surface area (Å²) < 4.78 is 5.52. The zero-order chi connectivity index (χ0) is 19.8. The Morgan fingerprint density at radius 3 is 2.56 bits per heavy atom. The fourth-order valence-corrected chi connectivity index (χ4v) is 3.40. The van der Waals surface area contributed by atoms with Gasteiger partial charge in [0.25, 0.3) is 0 Å². The number of halogens is 1. The van der Waals surface area contributed by atoms with Gasteiger partial charge in [0.05, 0.1) is 5.69 Å². The van der Waals surface area contributed by atoms with Crippen molar-refractivity contribution in [2.45, 2.75) is 39.2 Å². The number of fused-ring (bicyclic) bond motifs is 1. The number of nitrogens with zero attached hydrogens (tertiary/aromatic N) is 1. The van der Waals surface area contributed by atoms with Crippen LogP contribution in [0.4, 0.5) is 10.5 Å². The van der Waals surface area contributed by atoms with Gasteiger partial charge < -0.3 is 10.5 Å². The number of aryl methyl sites for hydroxylation is 1. The Kier molecular flexibility index (Phi) is 5.16. The second-order valence-corrected chi connectivity index (χ2v) is 8.05. The molecule has 0 fully saturated rings. The monoisotopic (exact) mass is 386 g/mol. The van der Waals surface area contributed by atoms with Crippen LogP contribution in [0.1, 0.15) is 43.1 Å². The molecule has 2 amide bonds. The third-order valence-corrected chi connectivity index (χ3v) is 4.70.